The highest BCUT2D eigenvalue weighted by Gasteiger charge is 2.25. The summed E-state index contributed by atoms with van der Waals surface area (Å²) in [6.45, 7) is 1.99. The minimum absolute atomic E-state index is 0.172. The molecule has 3 aromatic rings. The van der Waals surface area contributed by atoms with Crippen molar-refractivity contribution in [2.24, 2.45) is 0 Å². The number of aliphatic hydroxyl groups is 1. The van der Waals surface area contributed by atoms with Crippen molar-refractivity contribution < 1.29 is 14.4 Å². The molecule has 1 atom stereocenters. The molecule has 2 N–H and O–H groups in total. The Balaban J connectivity index is 1.95. The third kappa shape index (κ3) is 3.61. The van der Waals surface area contributed by atoms with Gasteiger partial charge in [0.25, 0.3) is 5.91 Å². The van der Waals surface area contributed by atoms with Crippen LogP contribution in [-0.4, -0.2) is 23.2 Å². The van der Waals surface area contributed by atoms with Gasteiger partial charge >= 0.3 is 0 Å². The molecule has 128 valence electrons. The Morgan fingerprint density at radius 2 is 1.84 bits per heavy atom. The van der Waals surface area contributed by atoms with Crippen LogP contribution in [0.4, 0.5) is 0 Å². The van der Waals surface area contributed by atoms with Crippen molar-refractivity contribution in [3.8, 4) is 11.3 Å². The number of carbonyl (C=O) groups is 1. The summed E-state index contributed by atoms with van der Waals surface area (Å²) in [4.78, 5) is 12.4. The Morgan fingerprint density at radius 3 is 2.48 bits per heavy atom. The van der Waals surface area contributed by atoms with Crippen molar-refractivity contribution in [2.75, 3.05) is 7.05 Å². The van der Waals surface area contributed by atoms with Crippen molar-refractivity contribution >= 4 is 5.91 Å². The maximum atomic E-state index is 12.4. The molecular formula is C20H20N2O3. The summed E-state index contributed by atoms with van der Waals surface area (Å²) in [5, 5.41) is 17.2. The third-order valence-electron chi connectivity index (χ3n) is 4.10. The summed E-state index contributed by atoms with van der Waals surface area (Å²) in [5.74, 6) is 0.0810. The Morgan fingerprint density at radius 1 is 1.16 bits per heavy atom. The lowest BCUT2D eigenvalue weighted by molar-refractivity contribution is 0.0959. The van der Waals surface area contributed by atoms with Crippen molar-refractivity contribution in [1.82, 2.24) is 10.5 Å². The summed E-state index contributed by atoms with van der Waals surface area (Å²) >= 11 is 0. The smallest absolute Gasteiger partial charge is 0.256 e. The molecule has 0 aliphatic rings. The molecule has 5 heteroatoms. The monoisotopic (exact) mass is 336 g/mol. The van der Waals surface area contributed by atoms with Crippen LogP contribution in [0.2, 0.25) is 0 Å². The first-order chi connectivity index (χ1) is 12.1. The maximum absolute atomic E-state index is 12.4. The fraction of sp³-hybridized carbons (Fsp3) is 0.200. The lowest BCUT2D eigenvalue weighted by Gasteiger charge is -2.10. The van der Waals surface area contributed by atoms with Gasteiger partial charge in [-0.1, -0.05) is 65.3 Å². The molecule has 0 aliphatic carbocycles. The molecule has 1 aromatic heterocycles. The average molecular weight is 336 g/mol. The van der Waals surface area contributed by atoms with Gasteiger partial charge in [-0.3, -0.25) is 4.79 Å². The second-order valence-electron chi connectivity index (χ2n) is 5.91. The Kier molecular flexibility index (Phi) is 4.95. The highest BCUT2D eigenvalue weighted by molar-refractivity contribution is 6.00. The molecule has 1 unspecified atom stereocenters. The van der Waals surface area contributed by atoms with Gasteiger partial charge < -0.3 is 14.9 Å². The molecule has 1 amide bonds. The Labute approximate surface area is 146 Å². The van der Waals surface area contributed by atoms with E-state index in [1.165, 1.54) is 0 Å². The molecular weight excluding hydrogens is 316 g/mol. The second-order valence-corrected chi connectivity index (χ2v) is 5.91. The van der Waals surface area contributed by atoms with E-state index in [0.29, 0.717) is 17.0 Å². The number of benzene rings is 2. The predicted molar refractivity (Wildman–Crippen MR) is 95.2 cm³/mol. The molecule has 0 saturated heterocycles. The van der Waals surface area contributed by atoms with Crippen molar-refractivity contribution in [2.45, 2.75) is 19.4 Å². The molecule has 0 bridgehead atoms. The van der Waals surface area contributed by atoms with Crippen LogP contribution in [0.15, 0.2) is 59.1 Å². The molecule has 5 nitrogen and oxygen atoms in total. The zero-order valence-corrected chi connectivity index (χ0v) is 14.2. The highest BCUT2D eigenvalue weighted by atomic mass is 16.5. The molecule has 0 saturated carbocycles. The number of nitrogens with one attached hydrogen (secondary N) is 1. The van der Waals surface area contributed by atoms with E-state index in [9.17, 15) is 9.90 Å². The van der Waals surface area contributed by atoms with Crippen LogP contribution in [0.25, 0.3) is 11.3 Å². The Hall–Kier alpha value is -2.92. The SMILES string of the molecule is CNC(=O)c1c(-c2ccccc2)noc1CC(O)c1ccc(C)cc1. The molecule has 0 fully saturated rings. The molecule has 25 heavy (non-hydrogen) atoms. The van der Waals surface area contributed by atoms with Crippen LogP contribution in [0.5, 0.6) is 0 Å². The third-order valence-corrected chi connectivity index (χ3v) is 4.10. The number of aromatic nitrogens is 1. The van der Waals surface area contributed by atoms with E-state index in [4.69, 9.17) is 4.52 Å². The minimum Gasteiger partial charge on any atom is -0.388 e. The summed E-state index contributed by atoms with van der Waals surface area (Å²) < 4.78 is 5.42. The number of hydrogen-bond donors (Lipinski definition) is 2. The molecule has 1 heterocycles. The summed E-state index contributed by atoms with van der Waals surface area (Å²) in [7, 11) is 1.56. The van der Waals surface area contributed by atoms with Crippen molar-refractivity contribution in [3.05, 3.63) is 77.0 Å². The van der Waals surface area contributed by atoms with Gasteiger partial charge in [0.2, 0.25) is 0 Å². The van der Waals surface area contributed by atoms with Crippen LogP contribution < -0.4 is 5.32 Å². The van der Waals surface area contributed by atoms with Gasteiger partial charge in [-0.2, -0.15) is 0 Å². The predicted octanol–water partition coefficient (Wildman–Crippen LogP) is 3.29. The van der Waals surface area contributed by atoms with E-state index >= 15 is 0 Å². The van der Waals surface area contributed by atoms with E-state index in [1.807, 2.05) is 61.5 Å². The maximum Gasteiger partial charge on any atom is 0.256 e. The zero-order valence-electron chi connectivity index (χ0n) is 14.2. The number of carbonyl (C=O) groups excluding carboxylic acids is 1. The van der Waals surface area contributed by atoms with Crippen LogP contribution in [-0.2, 0) is 6.42 Å². The van der Waals surface area contributed by atoms with Crippen LogP contribution in [0, 0.1) is 6.92 Å². The first-order valence-electron chi connectivity index (χ1n) is 8.11. The fourth-order valence-corrected chi connectivity index (χ4v) is 2.70. The van der Waals surface area contributed by atoms with Gasteiger partial charge in [-0.15, -0.1) is 0 Å². The average Bonchev–Trinajstić information content (AvgIpc) is 3.05. The second kappa shape index (κ2) is 7.32. The van der Waals surface area contributed by atoms with Crippen molar-refractivity contribution in [3.63, 3.8) is 0 Å². The van der Waals surface area contributed by atoms with E-state index in [2.05, 4.69) is 10.5 Å². The molecule has 0 radical (unpaired) electrons. The van der Waals surface area contributed by atoms with Gasteiger partial charge in [0, 0.05) is 19.0 Å². The quantitative estimate of drug-likeness (QED) is 0.750. The van der Waals surface area contributed by atoms with Crippen LogP contribution in [0.3, 0.4) is 0 Å². The number of nitrogens with zero attached hydrogens (tertiary/aromatic N) is 1. The number of rotatable bonds is 5. The number of aliphatic hydroxyl groups excluding tert-OH is 1. The lowest BCUT2D eigenvalue weighted by atomic mass is 9.99. The summed E-state index contributed by atoms with van der Waals surface area (Å²) in [5.41, 5.74) is 3.52. The number of hydrogen-bond acceptors (Lipinski definition) is 4. The molecule has 0 spiro atoms. The zero-order chi connectivity index (χ0) is 17.8. The van der Waals surface area contributed by atoms with E-state index in [0.717, 1.165) is 16.7 Å². The van der Waals surface area contributed by atoms with Crippen molar-refractivity contribution in [1.29, 1.82) is 0 Å². The summed E-state index contributed by atoms with van der Waals surface area (Å²) in [6.07, 6.45) is -0.605. The van der Waals surface area contributed by atoms with Gasteiger partial charge in [0.1, 0.15) is 11.3 Å². The molecule has 0 aliphatic heterocycles. The normalized spacial score (nSPS) is 12.0. The van der Waals surface area contributed by atoms with E-state index in [1.54, 1.807) is 7.05 Å². The van der Waals surface area contributed by atoms with Gasteiger partial charge in [0.05, 0.1) is 6.10 Å². The summed E-state index contributed by atoms with van der Waals surface area (Å²) in [6, 6.07) is 17.0. The van der Waals surface area contributed by atoms with Crippen LogP contribution >= 0.6 is 0 Å². The van der Waals surface area contributed by atoms with Gasteiger partial charge in [0.15, 0.2) is 5.76 Å². The first-order valence-corrected chi connectivity index (χ1v) is 8.11. The number of amides is 1. The largest absolute Gasteiger partial charge is 0.388 e. The fourth-order valence-electron chi connectivity index (χ4n) is 2.70. The molecule has 3 rings (SSSR count). The molecule has 2 aromatic carbocycles. The van der Waals surface area contributed by atoms with E-state index in [-0.39, 0.29) is 12.3 Å². The lowest BCUT2D eigenvalue weighted by Crippen LogP contribution is -2.20. The Bertz CT molecular complexity index is 854. The minimum atomic E-state index is -0.777. The standard InChI is InChI=1S/C20H20N2O3/c1-13-8-10-14(11-9-13)16(23)12-17-18(20(24)21-2)19(22-25-17)15-6-4-3-5-7-15/h3-11,16,23H,12H2,1-2H3,(H,21,24). The van der Waals surface area contributed by atoms with Crippen LogP contribution in [0.1, 0.15) is 33.3 Å². The van der Waals surface area contributed by atoms with Gasteiger partial charge in [-0.05, 0) is 12.5 Å². The van der Waals surface area contributed by atoms with Gasteiger partial charge in [-0.25, -0.2) is 0 Å². The number of aryl methyl sites for hydroxylation is 1. The first kappa shape index (κ1) is 16.9. The highest BCUT2D eigenvalue weighted by Crippen LogP contribution is 2.28. The van der Waals surface area contributed by atoms with E-state index < -0.39 is 6.10 Å². The topological polar surface area (TPSA) is 75.4 Å².